The summed E-state index contributed by atoms with van der Waals surface area (Å²) >= 11 is 1.60. The first-order chi connectivity index (χ1) is 15.4. The van der Waals surface area contributed by atoms with E-state index in [2.05, 4.69) is 21.9 Å². The lowest BCUT2D eigenvalue weighted by Gasteiger charge is -2.36. The average Bonchev–Trinajstić information content (AvgIpc) is 3.31. The summed E-state index contributed by atoms with van der Waals surface area (Å²) < 4.78 is 2.16. The minimum atomic E-state index is -0.700. The first kappa shape index (κ1) is 21.2. The molecule has 8 nitrogen and oxygen atoms in total. The van der Waals surface area contributed by atoms with Crippen molar-refractivity contribution in [3.8, 4) is 11.3 Å². The van der Waals surface area contributed by atoms with Gasteiger partial charge in [0.25, 0.3) is 0 Å². The molecule has 32 heavy (non-hydrogen) atoms. The van der Waals surface area contributed by atoms with E-state index in [1.807, 2.05) is 18.3 Å². The van der Waals surface area contributed by atoms with Gasteiger partial charge in [0, 0.05) is 30.4 Å². The third-order valence-corrected chi connectivity index (χ3v) is 8.32. The van der Waals surface area contributed by atoms with Crippen molar-refractivity contribution in [2.75, 3.05) is 0 Å². The van der Waals surface area contributed by atoms with E-state index in [0.717, 1.165) is 36.9 Å². The number of rotatable bonds is 3. The highest BCUT2D eigenvalue weighted by Gasteiger charge is 2.49. The molecule has 1 aliphatic heterocycles. The third kappa shape index (κ3) is 3.62. The Labute approximate surface area is 190 Å². The number of carbonyl (C=O) groups is 2. The summed E-state index contributed by atoms with van der Waals surface area (Å²) in [7, 11) is 0. The van der Waals surface area contributed by atoms with Crippen LogP contribution in [-0.4, -0.2) is 42.5 Å². The smallest absolute Gasteiger partial charge is 0.306 e. The first-order valence-electron chi connectivity index (χ1n) is 11.1. The second-order valence-electron chi connectivity index (χ2n) is 9.20. The molecule has 0 bridgehead atoms. The van der Waals surface area contributed by atoms with Crippen LogP contribution in [0.4, 0.5) is 0 Å². The standard InChI is InChI=1S/C23H27N5O3S/c1-13(29)25-22-26-23(2)10-9-17-18(15-4-3-11-24-12-15)27-28(19(17)20(23)32-22)16-7-5-14(6-8-16)21(30)31/h3-4,11-12,14,16,20H,5-10H2,1-2H3,(H,30,31)(H,25,26,29). The number of thioether (sulfide) groups is 1. The summed E-state index contributed by atoms with van der Waals surface area (Å²) in [6.07, 6.45) is 8.27. The van der Waals surface area contributed by atoms with Gasteiger partial charge >= 0.3 is 5.97 Å². The molecule has 2 N–H and O–H groups in total. The zero-order valence-electron chi connectivity index (χ0n) is 18.2. The van der Waals surface area contributed by atoms with Crippen molar-refractivity contribution in [2.45, 2.75) is 69.2 Å². The van der Waals surface area contributed by atoms with E-state index in [9.17, 15) is 14.7 Å². The molecule has 3 heterocycles. The molecular weight excluding hydrogens is 426 g/mol. The number of fused-ring (bicyclic) bond motifs is 3. The first-order valence-corrected chi connectivity index (χ1v) is 12.0. The van der Waals surface area contributed by atoms with Gasteiger partial charge in [-0.2, -0.15) is 5.10 Å². The van der Waals surface area contributed by atoms with Crippen LogP contribution in [0.5, 0.6) is 0 Å². The van der Waals surface area contributed by atoms with E-state index in [1.165, 1.54) is 18.2 Å². The molecule has 0 spiro atoms. The normalized spacial score (nSPS) is 29.1. The number of amidine groups is 1. The number of hydrogen-bond acceptors (Lipinski definition) is 6. The summed E-state index contributed by atoms with van der Waals surface area (Å²) in [5, 5.41) is 18.1. The molecule has 0 saturated heterocycles. The number of carboxylic acid groups (broad SMARTS) is 1. The number of carbonyl (C=O) groups excluding carboxylic acids is 1. The van der Waals surface area contributed by atoms with Crippen LogP contribution in [0.15, 0.2) is 29.5 Å². The maximum Gasteiger partial charge on any atom is 0.306 e. The molecule has 9 heteroatoms. The summed E-state index contributed by atoms with van der Waals surface area (Å²) in [5.74, 6) is -1.08. The van der Waals surface area contributed by atoms with E-state index in [0.29, 0.717) is 18.0 Å². The molecule has 0 radical (unpaired) electrons. The summed E-state index contributed by atoms with van der Waals surface area (Å²) in [4.78, 5) is 32.3. The quantitative estimate of drug-likeness (QED) is 0.733. The van der Waals surface area contributed by atoms with Crippen LogP contribution >= 0.6 is 11.8 Å². The van der Waals surface area contributed by atoms with Gasteiger partial charge in [0.1, 0.15) is 0 Å². The predicted octanol–water partition coefficient (Wildman–Crippen LogP) is 3.75. The van der Waals surface area contributed by atoms with Gasteiger partial charge in [-0.1, -0.05) is 11.8 Å². The molecule has 2 aliphatic carbocycles. The van der Waals surface area contributed by atoms with Gasteiger partial charge in [-0.15, -0.1) is 0 Å². The van der Waals surface area contributed by atoms with Crippen LogP contribution in [-0.2, 0) is 16.0 Å². The maximum atomic E-state index is 11.7. The number of nitrogens with zero attached hydrogens (tertiary/aromatic N) is 4. The lowest BCUT2D eigenvalue weighted by atomic mass is 9.80. The average molecular weight is 454 g/mol. The highest BCUT2D eigenvalue weighted by molar-refractivity contribution is 8.14. The maximum absolute atomic E-state index is 11.7. The highest BCUT2D eigenvalue weighted by atomic mass is 32.2. The molecule has 3 aliphatic rings. The van der Waals surface area contributed by atoms with Crippen LogP contribution in [0.2, 0.25) is 0 Å². The van der Waals surface area contributed by atoms with E-state index in [4.69, 9.17) is 10.1 Å². The molecule has 1 amide bonds. The number of nitrogens with one attached hydrogen (secondary N) is 1. The van der Waals surface area contributed by atoms with Gasteiger partial charge in [-0.25, -0.2) is 0 Å². The number of hydrogen-bond donors (Lipinski definition) is 2. The number of pyridine rings is 1. The second-order valence-corrected chi connectivity index (χ2v) is 10.3. The molecule has 2 unspecified atom stereocenters. The van der Waals surface area contributed by atoms with Crippen LogP contribution in [0.25, 0.3) is 11.3 Å². The SMILES string of the molecule is CC(=O)NC1=NC2(C)CCc3c(-c4cccnc4)nn(C4CCC(C(=O)O)CC4)c3C2S1. The predicted molar refractivity (Wildman–Crippen MR) is 122 cm³/mol. The summed E-state index contributed by atoms with van der Waals surface area (Å²) in [6, 6.07) is 4.13. The fraction of sp³-hybridized carbons (Fsp3) is 0.522. The van der Waals surface area contributed by atoms with E-state index in [1.54, 1.807) is 18.0 Å². The van der Waals surface area contributed by atoms with Crippen LogP contribution in [0.3, 0.4) is 0 Å². The minimum Gasteiger partial charge on any atom is -0.481 e. The Kier molecular flexibility index (Phi) is 5.31. The van der Waals surface area contributed by atoms with Crippen molar-refractivity contribution in [1.29, 1.82) is 0 Å². The Morgan fingerprint density at radius 3 is 2.72 bits per heavy atom. The van der Waals surface area contributed by atoms with Crippen molar-refractivity contribution in [3.63, 3.8) is 0 Å². The van der Waals surface area contributed by atoms with Crippen LogP contribution < -0.4 is 5.32 Å². The van der Waals surface area contributed by atoms with Gasteiger partial charge in [0.15, 0.2) is 5.17 Å². The van der Waals surface area contributed by atoms with E-state index in [-0.39, 0.29) is 28.7 Å². The van der Waals surface area contributed by atoms with Crippen LogP contribution in [0, 0.1) is 5.92 Å². The molecule has 1 fully saturated rings. The van der Waals surface area contributed by atoms with Crippen molar-refractivity contribution in [1.82, 2.24) is 20.1 Å². The number of aliphatic carboxylic acids is 1. The molecule has 2 atom stereocenters. The van der Waals surface area contributed by atoms with Crippen molar-refractivity contribution >= 4 is 28.8 Å². The highest BCUT2D eigenvalue weighted by Crippen LogP contribution is 2.55. The van der Waals surface area contributed by atoms with Crippen molar-refractivity contribution in [3.05, 3.63) is 35.8 Å². The van der Waals surface area contributed by atoms with E-state index < -0.39 is 5.97 Å². The zero-order valence-corrected chi connectivity index (χ0v) is 19.1. The number of amides is 1. The Morgan fingerprint density at radius 2 is 2.06 bits per heavy atom. The zero-order chi connectivity index (χ0) is 22.5. The van der Waals surface area contributed by atoms with Crippen LogP contribution in [0.1, 0.15) is 68.5 Å². The van der Waals surface area contributed by atoms with Gasteiger partial charge in [0.05, 0.1) is 34.1 Å². The number of carboxylic acids is 1. The summed E-state index contributed by atoms with van der Waals surface area (Å²) in [6.45, 7) is 3.66. The molecule has 2 aromatic rings. The fourth-order valence-electron chi connectivity index (χ4n) is 5.27. The number of aliphatic imine (C=N–C) groups is 1. The Balaban J connectivity index is 1.56. The largest absolute Gasteiger partial charge is 0.481 e. The lowest BCUT2D eigenvalue weighted by molar-refractivity contribution is -0.143. The second kappa shape index (κ2) is 8.03. The van der Waals surface area contributed by atoms with Gasteiger partial charge < -0.3 is 10.4 Å². The third-order valence-electron chi connectivity index (χ3n) is 6.94. The molecule has 168 valence electrons. The summed E-state index contributed by atoms with van der Waals surface area (Å²) in [5.41, 5.74) is 4.05. The molecule has 1 saturated carbocycles. The number of aromatic nitrogens is 3. The molecule has 2 aromatic heterocycles. The van der Waals surface area contributed by atoms with Crippen molar-refractivity contribution < 1.29 is 14.7 Å². The minimum absolute atomic E-state index is 0.0585. The van der Waals surface area contributed by atoms with Gasteiger partial charge in [0.2, 0.25) is 5.91 Å². The Bertz CT molecular complexity index is 1090. The fourth-order valence-corrected chi connectivity index (χ4v) is 6.74. The Hall–Kier alpha value is -2.68. The molecule has 0 aromatic carbocycles. The van der Waals surface area contributed by atoms with Crippen molar-refractivity contribution in [2.24, 2.45) is 10.9 Å². The van der Waals surface area contributed by atoms with E-state index >= 15 is 0 Å². The Morgan fingerprint density at radius 1 is 1.28 bits per heavy atom. The lowest BCUT2D eigenvalue weighted by Crippen LogP contribution is -2.34. The topological polar surface area (TPSA) is 109 Å². The molecule has 5 rings (SSSR count). The molecular formula is C23H27N5O3S. The van der Waals surface area contributed by atoms with Gasteiger partial charge in [-0.05, 0) is 57.6 Å². The monoisotopic (exact) mass is 453 g/mol. The van der Waals surface area contributed by atoms with Gasteiger partial charge in [-0.3, -0.25) is 24.2 Å².